The van der Waals surface area contributed by atoms with Gasteiger partial charge in [-0.25, -0.2) is 0 Å². The van der Waals surface area contributed by atoms with E-state index in [0.29, 0.717) is 13.0 Å². The number of nitrogens with zero attached hydrogens (tertiary/aromatic N) is 2. The van der Waals surface area contributed by atoms with E-state index in [9.17, 15) is 4.79 Å². The Balaban J connectivity index is 4.00. The molecule has 0 aliphatic rings. The van der Waals surface area contributed by atoms with E-state index in [0.717, 1.165) is 13.1 Å². The monoisotopic (exact) mass is 212 g/mol. The lowest BCUT2D eigenvalue weighted by atomic mass is 10.1. The summed E-state index contributed by atoms with van der Waals surface area (Å²) in [5.74, 6) is 0.205. The average Bonchev–Trinajstić information content (AvgIpc) is 2.14. The molecule has 0 aromatic heterocycles. The largest absolute Gasteiger partial charge is 0.343 e. The Morgan fingerprint density at radius 2 is 1.73 bits per heavy atom. The van der Waals surface area contributed by atoms with Crippen LogP contribution in [0, 0.1) is 6.92 Å². The molecule has 0 fully saturated rings. The Hall–Kier alpha value is -0.570. The fraction of sp³-hybridized carbons (Fsp3) is 0.833. The predicted molar refractivity (Wildman–Crippen MR) is 63.6 cm³/mol. The third-order valence-electron chi connectivity index (χ3n) is 2.76. The van der Waals surface area contributed by atoms with Crippen molar-refractivity contribution < 1.29 is 4.79 Å². The van der Waals surface area contributed by atoms with Crippen LogP contribution in [0.5, 0.6) is 0 Å². The molecule has 0 heterocycles. The molecule has 0 bridgehead atoms. The summed E-state index contributed by atoms with van der Waals surface area (Å²) in [5, 5.41) is 0. The van der Waals surface area contributed by atoms with Crippen LogP contribution in [0.25, 0.3) is 0 Å². The zero-order valence-electron chi connectivity index (χ0n) is 10.7. The molecular weight excluding hydrogens is 188 g/mol. The molecule has 0 unspecified atom stereocenters. The van der Waals surface area contributed by atoms with E-state index < -0.39 is 0 Å². The molecule has 0 aliphatic carbocycles. The Bertz CT molecular complexity index is 192. The molecule has 2 radical (unpaired) electrons. The molecule has 0 saturated carbocycles. The second-order valence-electron chi connectivity index (χ2n) is 4.39. The van der Waals surface area contributed by atoms with Crippen LogP contribution in [0.2, 0.25) is 0 Å². The topological polar surface area (TPSA) is 23.6 Å². The van der Waals surface area contributed by atoms with Gasteiger partial charge in [-0.3, -0.25) is 4.79 Å². The van der Waals surface area contributed by atoms with Crippen LogP contribution in [0.15, 0.2) is 0 Å². The van der Waals surface area contributed by atoms with Gasteiger partial charge < -0.3 is 9.80 Å². The fourth-order valence-corrected chi connectivity index (χ4v) is 1.29. The van der Waals surface area contributed by atoms with Crippen molar-refractivity contribution >= 4 is 5.91 Å². The molecule has 0 aliphatic heterocycles. The maximum absolute atomic E-state index is 11.7. The highest BCUT2D eigenvalue weighted by Crippen LogP contribution is 2.10. The predicted octanol–water partition coefficient (Wildman–Crippen LogP) is 1.67. The summed E-state index contributed by atoms with van der Waals surface area (Å²) < 4.78 is 0. The molecule has 1 amide bonds. The second-order valence-corrected chi connectivity index (χ2v) is 4.39. The van der Waals surface area contributed by atoms with Gasteiger partial charge in [0.2, 0.25) is 5.91 Å². The van der Waals surface area contributed by atoms with E-state index in [2.05, 4.69) is 0 Å². The SMILES string of the molecule is [CH]C(C)(C)N(C)CCC(=O)N(CC)CC. The van der Waals surface area contributed by atoms with Crippen molar-refractivity contribution in [3.05, 3.63) is 6.92 Å². The van der Waals surface area contributed by atoms with Crippen LogP contribution in [0.1, 0.15) is 34.1 Å². The van der Waals surface area contributed by atoms with Gasteiger partial charge in [-0.15, -0.1) is 0 Å². The molecule has 3 heteroatoms. The number of amides is 1. The summed E-state index contributed by atoms with van der Waals surface area (Å²) in [6.45, 7) is 16.1. The van der Waals surface area contributed by atoms with Crippen molar-refractivity contribution in [2.75, 3.05) is 26.7 Å². The minimum absolute atomic E-state index is 0.205. The number of carbonyl (C=O) groups excluding carboxylic acids is 1. The maximum atomic E-state index is 11.7. The Kier molecular flexibility index (Phi) is 5.88. The van der Waals surface area contributed by atoms with Crippen LogP contribution in [-0.2, 0) is 4.79 Å². The molecule has 0 N–H and O–H groups in total. The molecule has 0 atom stereocenters. The van der Waals surface area contributed by atoms with Crippen LogP contribution in [0.3, 0.4) is 0 Å². The summed E-state index contributed by atoms with van der Waals surface area (Å²) in [5.41, 5.74) is -0.358. The quantitative estimate of drug-likeness (QED) is 0.668. The van der Waals surface area contributed by atoms with Crippen LogP contribution in [0.4, 0.5) is 0 Å². The Morgan fingerprint density at radius 3 is 2.07 bits per heavy atom. The summed E-state index contributed by atoms with van der Waals surface area (Å²) in [6.07, 6.45) is 0.540. The van der Waals surface area contributed by atoms with Gasteiger partial charge in [-0.1, -0.05) is 0 Å². The first kappa shape index (κ1) is 14.4. The van der Waals surface area contributed by atoms with Gasteiger partial charge in [0.1, 0.15) is 0 Å². The molecule has 0 aromatic carbocycles. The zero-order chi connectivity index (χ0) is 12.1. The molecule has 0 spiro atoms. The lowest BCUT2D eigenvalue weighted by Crippen LogP contribution is -2.41. The van der Waals surface area contributed by atoms with Crippen molar-refractivity contribution in [3.63, 3.8) is 0 Å². The van der Waals surface area contributed by atoms with Gasteiger partial charge in [0.05, 0.1) is 0 Å². The van der Waals surface area contributed by atoms with Crippen molar-refractivity contribution in [3.8, 4) is 0 Å². The number of carbonyl (C=O) groups is 1. The number of hydrogen-bond acceptors (Lipinski definition) is 2. The highest BCUT2D eigenvalue weighted by Gasteiger charge is 2.18. The molecular formula is C12H24N2O. The first-order chi connectivity index (χ1) is 6.82. The van der Waals surface area contributed by atoms with Crippen molar-refractivity contribution in [2.24, 2.45) is 0 Å². The molecule has 88 valence electrons. The Morgan fingerprint density at radius 1 is 1.27 bits per heavy atom. The van der Waals surface area contributed by atoms with Gasteiger partial charge in [-0.2, -0.15) is 0 Å². The van der Waals surface area contributed by atoms with Gasteiger partial charge in [0.25, 0.3) is 0 Å². The highest BCUT2D eigenvalue weighted by molar-refractivity contribution is 5.76. The smallest absolute Gasteiger partial charge is 0.223 e. The maximum Gasteiger partial charge on any atom is 0.223 e. The van der Waals surface area contributed by atoms with Gasteiger partial charge >= 0.3 is 0 Å². The van der Waals surface area contributed by atoms with Crippen LogP contribution < -0.4 is 0 Å². The van der Waals surface area contributed by atoms with E-state index in [1.807, 2.05) is 44.5 Å². The minimum atomic E-state index is -0.358. The first-order valence-corrected chi connectivity index (χ1v) is 5.60. The van der Waals surface area contributed by atoms with Crippen LogP contribution >= 0.6 is 0 Å². The molecule has 0 aromatic rings. The van der Waals surface area contributed by atoms with Crippen molar-refractivity contribution in [2.45, 2.75) is 39.7 Å². The van der Waals surface area contributed by atoms with Gasteiger partial charge in [-0.05, 0) is 41.7 Å². The second kappa shape index (κ2) is 6.11. The molecule has 0 rings (SSSR count). The van der Waals surface area contributed by atoms with Crippen molar-refractivity contribution in [1.29, 1.82) is 0 Å². The summed E-state index contributed by atoms with van der Waals surface area (Å²) in [7, 11) is 1.94. The summed E-state index contributed by atoms with van der Waals surface area (Å²) >= 11 is 0. The lowest BCUT2D eigenvalue weighted by Gasteiger charge is -2.31. The normalized spacial score (nSPS) is 11.9. The van der Waals surface area contributed by atoms with E-state index in [-0.39, 0.29) is 11.4 Å². The number of rotatable bonds is 6. The van der Waals surface area contributed by atoms with E-state index in [1.165, 1.54) is 0 Å². The first-order valence-electron chi connectivity index (χ1n) is 5.60. The third kappa shape index (κ3) is 5.17. The van der Waals surface area contributed by atoms with Gasteiger partial charge in [0, 0.05) is 31.6 Å². The van der Waals surface area contributed by atoms with E-state index in [4.69, 9.17) is 6.92 Å². The van der Waals surface area contributed by atoms with Crippen molar-refractivity contribution in [1.82, 2.24) is 9.80 Å². The summed E-state index contributed by atoms with van der Waals surface area (Å²) in [6, 6.07) is 0. The zero-order valence-corrected chi connectivity index (χ0v) is 10.7. The molecule has 15 heavy (non-hydrogen) atoms. The fourth-order valence-electron chi connectivity index (χ4n) is 1.29. The minimum Gasteiger partial charge on any atom is -0.343 e. The van der Waals surface area contributed by atoms with Gasteiger partial charge in [0.15, 0.2) is 0 Å². The Labute approximate surface area is 94.4 Å². The highest BCUT2D eigenvalue weighted by atomic mass is 16.2. The third-order valence-corrected chi connectivity index (χ3v) is 2.76. The number of hydrogen-bond donors (Lipinski definition) is 0. The van der Waals surface area contributed by atoms with Crippen LogP contribution in [-0.4, -0.2) is 47.9 Å². The van der Waals surface area contributed by atoms with E-state index in [1.54, 1.807) is 0 Å². The lowest BCUT2D eigenvalue weighted by molar-refractivity contribution is -0.131. The molecule has 0 saturated heterocycles. The summed E-state index contributed by atoms with van der Waals surface area (Å²) in [4.78, 5) is 15.5. The average molecular weight is 212 g/mol. The molecule has 3 nitrogen and oxygen atoms in total. The van der Waals surface area contributed by atoms with E-state index >= 15 is 0 Å². The standard InChI is InChI=1S/C12H24N2O/c1-7-14(8-2)11(15)9-10-13(6)12(3,4)5/h3H,7-10H2,1-2,4-6H3.